The average molecular weight is 256 g/mol. The summed E-state index contributed by atoms with van der Waals surface area (Å²) in [7, 11) is 0. The third-order valence-electron chi connectivity index (χ3n) is 2.75. The first-order valence-corrected chi connectivity index (χ1v) is 6.02. The second-order valence-corrected chi connectivity index (χ2v) is 4.82. The zero-order chi connectivity index (χ0) is 13.0. The lowest BCUT2D eigenvalue weighted by atomic mass is 10.0. The van der Waals surface area contributed by atoms with Crippen molar-refractivity contribution in [2.24, 2.45) is 5.92 Å². The number of carbonyl (C=O) groups excluding carboxylic acids is 1. The average Bonchev–Trinajstić information content (AvgIpc) is 2.28. The molecule has 1 aromatic rings. The van der Waals surface area contributed by atoms with E-state index < -0.39 is 0 Å². The van der Waals surface area contributed by atoms with Gasteiger partial charge in [-0.2, -0.15) is 0 Å². The highest BCUT2D eigenvalue weighted by Crippen LogP contribution is 2.20. The molecule has 1 aromatic carbocycles. The molecule has 4 heteroatoms. The SMILES string of the molecule is Cc1cccc(C(=O)N[C@H](CO)C(C)C)c1Cl. The Labute approximate surface area is 107 Å². The molecule has 1 atom stereocenters. The van der Waals surface area contributed by atoms with Gasteiger partial charge in [0, 0.05) is 0 Å². The van der Waals surface area contributed by atoms with E-state index >= 15 is 0 Å². The molecule has 1 amide bonds. The number of amides is 1. The molecule has 0 fully saturated rings. The van der Waals surface area contributed by atoms with Crippen molar-refractivity contribution < 1.29 is 9.90 Å². The van der Waals surface area contributed by atoms with Crippen LogP contribution in [0.15, 0.2) is 18.2 Å². The maximum absolute atomic E-state index is 12.0. The van der Waals surface area contributed by atoms with Gasteiger partial charge in [0.1, 0.15) is 0 Å². The Morgan fingerprint density at radius 1 is 1.47 bits per heavy atom. The van der Waals surface area contributed by atoms with Crippen LogP contribution in [0, 0.1) is 12.8 Å². The molecule has 0 spiro atoms. The third kappa shape index (κ3) is 3.45. The van der Waals surface area contributed by atoms with Crippen LogP contribution in [0.5, 0.6) is 0 Å². The van der Waals surface area contributed by atoms with Crippen LogP contribution in [0.1, 0.15) is 29.8 Å². The van der Waals surface area contributed by atoms with Crippen LogP contribution in [0.25, 0.3) is 0 Å². The van der Waals surface area contributed by atoms with Crippen molar-refractivity contribution in [3.63, 3.8) is 0 Å². The molecule has 0 saturated heterocycles. The Kier molecular flexibility index (Phi) is 4.97. The van der Waals surface area contributed by atoms with E-state index in [2.05, 4.69) is 5.32 Å². The van der Waals surface area contributed by atoms with E-state index in [1.165, 1.54) is 0 Å². The summed E-state index contributed by atoms with van der Waals surface area (Å²) in [6.45, 7) is 5.66. The van der Waals surface area contributed by atoms with Crippen LogP contribution in [0.4, 0.5) is 0 Å². The van der Waals surface area contributed by atoms with Crippen molar-refractivity contribution in [3.05, 3.63) is 34.3 Å². The molecule has 17 heavy (non-hydrogen) atoms. The van der Waals surface area contributed by atoms with E-state index in [0.717, 1.165) is 5.56 Å². The van der Waals surface area contributed by atoms with E-state index in [1.807, 2.05) is 26.8 Å². The first-order valence-electron chi connectivity index (χ1n) is 5.64. The van der Waals surface area contributed by atoms with Gasteiger partial charge in [0.25, 0.3) is 5.91 Å². The largest absolute Gasteiger partial charge is 0.394 e. The lowest BCUT2D eigenvalue weighted by Crippen LogP contribution is -2.41. The predicted octanol–water partition coefficient (Wildman–Crippen LogP) is 2.40. The Hall–Kier alpha value is -1.06. The summed E-state index contributed by atoms with van der Waals surface area (Å²) < 4.78 is 0. The van der Waals surface area contributed by atoms with Crippen LogP contribution in [-0.4, -0.2) is 23.7 Å². The number of rotatable bonds is 4. The maximum Gasteiger partial charge on any atom is 0.253 e. The van der Waals surface area contributed by atoms with Gasteiger partial charge < -0.3 is 10.4 Å². The van der Waals surface area contributed by atoms with E-state index in [1.54, 1.807) is 12.1 Å². The number of carbonyl (C=O) groups is 1. The molecule has 3 nitrogen and oxygen atoms in total. The molecule has 1 rings (SSSR count). The van der Waals surface area contributed by atoms with Gasteiger partial charge in [0.2, 0.25) is 0 Å². The van der Waals surface area contributed by atoms with Gasteiger partial charge in [-0.3, -0.25) is 4.79 Å². The highest BCUT2D eigenvalue weighted by Gasteiger charge is 2.18. The first-order chi connectivity index (χ1) is 7.97. The van der Waals surface area contributed by atoms with Crippen LogP contribution < -0.4 is 5.32 Å². The number of hydrogen-bond donors (Lipinski definition) is 2. The number of nitrogens with one attached hydrogen (secondary N) is 1. The van der Waals surface area contributed by atoms with E-state index in [9.17, 15) is 4.79 Å². The minimum absolute atomic E-state index is 0.0765. The van der Waals surface area contributed by atoms with E-state index in [-0.39, 0.29) is 24.5 Å². The molecule has 0 saturated carbocycles. The van der Waals surface area contributed by atoms with Crippen molar-refractivity contribution in [3.8, 4) is 0 Å². The number of benzene rings is 1. The molecule has 94 valence electrons. The molecular formula is C13H18ClNO2. The van der Waals surface area contributed by atoms with Crippen molar-refractivity contribution in [1.82, 2.24) is 5.32 Å². The second kappa shape index (κ2) is 6.03. The van der Waals surface area contributed by atoms with Crippen molar-refractivity contribution in [2.75, 3.05) is 6.61 Å². The highest BCUT2D eigenvalue weighted by molar-refractivity contribution is 6.34. The van der Waals surface area contributed by atoms with Gasteiger partial charge in [-0.05, 0) is 24.5 Å². The minimum Gasteiger partial charge on any atom is -0.394 e. The minimum atomic E-state index is -0.251. The van der Waals surface area contributed by atoms with Crippen molar-refractivity contribution >= 4 is 17.5 Å². The number of hydrogen-bond acceptors (Lipinski definition) is 2. The fraction of sp³-hybridized carbons (Fsp3) is 0.462. The summed E-state index contributed by atoms with van der Waals surface area (Å²) >= 11 is 6.07. The fourth-order valence-electron chi connectivity index (χ4n) is 1.49. The Morgan fingerprint density at radius 3 is 2.65 bits per heavy atom. The molecule has 0 aliphatic carbocycles. The summed E-state index contributed by atoms with van der Waals surface area (Å²) in [5.41, 5.74) is 1.31. The molecule has 0 aliphatic heterocycles. The smallest absolute Gasteiger partial charge is 0.253 e. The van der Waals surface area contributed by atoms with Crippen LogP contribution >= 0.6 is 11.6 Å². The molecule has 0 bridgehead atoms. The molecule has 0 heterocycles. The molecule has 0 radical (unpaired) electrons. The number of halogens is 1. The summed E-state index contributed by atoms with van der Waals surface area (Å²) in [4.78, 5) is 12.0. The molecule has 0 aliphatic rings. The van der Waals surface area contributed by atoms with E-state index in [0.29, 0.717) is 10.6 Å². The Balaban J connectivity index is 2.86. The topological polar surface area (TPSA) is 49.3 Å². The van der Waals surface area contributed by atoms with Crippen molar-refractivity contribution in [2.45, 2.75) is 26.8 Å². The normalized spacial score (nSPS) is 12.6. The van der Waals surface area contributed by atoms with Gasteiger partial charge in [-0.15, -0.1) is 0 Å². The quantitative estimate of drug-likeness (QED) is 0.868. The van der Waals surface area contributed by atoms with Gasteiger partial charge >= 0.3 is 0 Å². The Bertz CT molecular complexity index is 404. The van der Waals surface area contributed by atoms with Gasteiger partial charge in [-0.25, -0.2) is 0 Å². The number of aliphatic hydroxyl groups excluding tert-OH is 1. The zero-order valence-corrected chi connectivity index (χ0v) is 11.1. The summed E-state index contributed by atoms with van der Waals surface area (Å²) in [5.74, 6) is -0.0704. The first kappa shape index (κ1) is 14.0. The monoisotopic (exact) mass is 255 g/mol. The number of aryl methyl sites for hydroxylation is 1. The van der Waals surface area contributed by atoms with Crippen LogP contribution in [0.3, 0.4) is 0 Å². The summed E-state index contributed by atoms with van der Waals surface area (Å²) in [6.07, 6.45) is 0. The highest BCUT2D eigenvalue weighted by atomic mass is 35.5. The Morgan fingerprint density at radius 2 is 2.12 bits per heavy atom. The fourth-order valence-corrected chi connectivity index (χ4v) is 1.70. The molecule has 2 N–H and O–H groups in total. The van der Waals surface area contributed by atoms with Crippen LogP contribution in [-0.2, 0) is 0 Å². The van der Waals surface area contributed by atoms with E-state index in [4.69, 9.17) is 16.7 Å². The molecule has 0 aromatic heterocycles. The predicted molar refractivity (Wildman–Crippen MR) is 69.4 cm³/mol. The lowest BCUT2D eigenvalue weighted by Gasteiger charge is -2.20. The lowest BCUT2D eigenvalue weighted by molar-refractivity contribution is 0.0897. The van der Waals surface area contributed by atoms with Gasteiger partial charge in [0.15, 0.2) is 0 Å². The summed E-state index contributed by atoms with van der Waals surface area (Å²) in [5, 5.41) is 12.4. The number of aliphatic hydroxyl groups is 1. The van der Waals surface area contributed by atoms with Gasteiger partial charge in [0.05, 0.1) is 23.2 Å². The maximum atomic E-state index is 12.0. The van der Waals surface area contributed by atoms with Crippen LogP contribution in [0.2, 0.25) is 5.02 Å². The zero-order valence-electron chi connectivity index (χ0n) is 10.3. The molecular weight excluding hydrogens is 238 g/mol. The standard InChI is InChI=1S/C13H18ClNO2/c1-8(2)11(7-16)15-13(17)10-6-4-5-9(3)12(10)14/h4-6,8,11,16H,7H2,1-3H3,(H,15,17)/t11-/m1/s1. The molecule has 0 unspecified atom stereocenters. The third-order valence-corrected chi connectivity index (χ3v) is 3.26. The summed E-state index contributed by atoms with van der Waals surface area (Å²) in [6, 6.07) is 5.07. The van der Waals surface area contributed by atoms with Gasteiger partial charge in [-0.1, -0.05) is 37.6 Å². The second-order valence-electron chi connectivity index (χ2n) is 4.44. The van der Waals surface area contributed by atoms with Crippen molar-refractivity contribution in [1.29, 1.82) is 0 Å².